The van der Waals surface area contributed by atoms with Crippen LogP contribution in [-0.4, -0.2) is 36.8 Å². The largest absolute Gasteiger partial charge is 0.455 e. The van der Waals surface area contributed by atoms with Crippen molar-refractivity contribution in [2.75, 3.05) is 18.1 Å². The number of hydrogen-bond donors (Lipinski definition) is 2. The van der Waals surface area contributed by atoms with Crippen LogP contribution in [0.1, 0.15) is 22.3 Å². The monoisotopic (exact) mass is 463 g/mol. The number of amides is 3. The van der Waals surface area contributed by atoms with Gasteiger partial charge in [0, 0.05) is 34.3 Å². The van der Waals surface area contributed by atoms with Gasteiger partial charge in [-0.1, -0.05) is 29.3 Å². The molecule has 1 aliphatic rings. The molecule has 1 fully saturated rings. The molecule has 162 valence electrons. The van der Waals surface area contributed by atoms with Gasteiger partial charge in [0.1, 0.15) is 0 Å². The number of hydrazine groups is 1. The third-order valence-corrected chi connectivity index (χ3v) is 5.42. The molecule has 0 radical (unpaired) electrons. The smallest absolute Gasteiger partial charge is 0.311 e. The fraction of sp³-hybridized carbons (Fsp3) is 0.238. The van der Waals surface area contributed by atoms with Gasteiger partial charge in [0.05, 0.1) is 5.92 Å². The predicted molar refractivity (Wildman–Crippen MR) is 115 cm³/mol. The first-order chi connectivity index (χ1) is 14.8. The molecule has 0 aliphatic carbocycles. The van der Waals surface area contributed by atoms with Gasteiger partial charge in [0.25, 0.3) is 11.8 Å². The molecule has 2 N–H and O–H groups in total. The second-order valence-corrected chi connectivity index (χ2v) is 7.75. The summed E-state index contributed by atoms with van der Waals surface area (Å²) in [7, 11) is 0. The average Bonchev–Trinajstić information content (AvgIpc) is 3.14. The lowest BCUT2D eigenvalue weighted by atomic mass is 10.1. The van der Waals surface area contributed by atoms with Crippen LogP contribution in [0.3, 0.4) is 0 Å². The lowest BCUT2D eigenvalue weighted by Gasteiger charge is -2.19. The summed E-state index contributed by atoms with van der Waals surface area (Å²) in [5.41, 5.74) is 6.04. The van der Waals surface area contributed by atoms with Crippen LogP contribution in [0.2, 0.25) is 10.0 Å². The first kappa shape index (κ1) is 22.6. The van der Waals surface area contributed by atoms with Gasteiger partial charge in [-0.2, -0.15) is 0 Å². The Bertz CT molecular complexity index is 1030. The normalized spacial score (nSPS) is 15.5. The predicted octanol–water partition coefficient (Wildman–Crippen LogP) is 2.66. The molecule has 1 heterocycles. The Hall–Kier alpha value is -3.10. The van der Waals surface area contributed by atoms with Crippen molar-refractivity contribution in [2.45, 2.75) is 13.3 Å². The van der Waals surface area contributed by atoms with Gasteiger partial charge in [-0.15, -0.1) is 0 Å². The van der Waals surface area contributed by atoms with Gasteiger partial charge >= 0.3 is 5.97 Å². The van der Waals surface area contributed by atoms with E-state index < -0.39 is 30.3 Å². The lowest BCUT2D eigenvalue weighted by molar-refractivity contribution is -0.152. The third-order valence-electron chi connectivity index (χ3n) is 4.76. The molecule has 1 aliphatic heterocycles. The molecule has 10 heteroatoms. The van der Waals surface area contributed by atoms with Crippen molar-refractivity contribution >= 4 is 52.6 Å². The molecule has 0 aromatic heterocycles. The van der Waals surface area contributed by atoms with Crippen molar-refractivity contribution in [3.8, 4) is 0 Å². The molecule has 3 rings (SSSR count). The van der Waals surface area contributed by atoms with Crippen LogP contribution in [0.25, 0.3) is 0 Å². The van der Waals surface area contributed by atoms with E-state index in [9.17, 15) is 19.2 Å². The zero-order valence-electron chi connectivity index (χ0n) is 16.5. The molecule has 0 spiro atoms. The summed E-state index contributed by atoms with van der Waals surface area (Å²) in [5.74, 6) is -2.88. The molecular formula is C21H19Cl2N3O5. The Labute approximate surface area is 188 Å². The van der Waals surface area contributed by atoms with Crippen LogP contribution in [0.5, 0.6) is 0 Å². The summed E-state index contributed by atoms with van der Waals surface area (Å²) >= 11 is 11.9. The van der Waals surface area contributed by atoms with E-state index in [1.165, 1.54) is 29.2 Å². The number of hydrogen-bond acceptors (Lipinski definition) is 5. The maximum Gasteiger partial charge on any atom is 0.311 e. The van der Waals surface area contributed by atoms with Crippen LogP contribution in [0, 0.1) is 12.8 Å². The summed E-state index contributed by atoms with van der Waals surface area (Å²) in [6.07, 6.45) is -0.0281. The average molecular weight is 464 g/mol. The first-order valence-corrected chi connectivity index (χ1v) is 10.1. The molecule has 31 heavy (non-hydrogen) atoms. The van der Waals surface area contributed by atoms with Crippen molar-refractivity contribution in [1.82, 2.24) is 10.9 Å². The SMILES string of the molecule is Cc1c(Cl)cccc1N1C[C@H](C(=O)OCC(=O)NNC(=O)c2ccc(Cl)cc2)CC1=O. The van der Waals surface area contributed by atoms with Crippen molar-refractivity contribution in [3.63, 3.8) is 0 Å². The van der Waals surface area contributed by atoms with Gasteiger partial charge in [-0.25, -0.2) is 0 Å². The van der Waals surface area contributed by atoms with Crippen LogP contribution < -0.4 is 15.8 Å². The summed E-state index contributed by atoms with van der Waals surface area (Å²) in [5, 5.41) is 0.996. The molecule has 1 atom stereocenters. The molecular weight excluding hydrogens is 445 g/mol. The van der Waals surface area contributed by atoms with Crippen LogP contribution in [-0.2, 0) is 19.1 Å². The van der Waals surface area contributed by atoms with Gasteiger partial charge in [-0.3, -0.25) is 30.0 Å². The quantitative estimate of drug-likeness (QED) is 0.523. The number of esters is 1. The maximum absolute atomic E-state index is 12.4. The molecule has 0 unspecified atom stereocenters. The topological polar surface area (TPSA) is 105 Å². The minimum absolute atomic E-state index is 0.0281. The van der Waals surface area contributed by atoms with Crippen molar-refractivity contribution < 1.29 is 23.9 Å². The summed E-state index contributed by atoms with van der Waals surface area (Å²) in [4.78, 5) is 50.0. The van der Waals surface area contributed by atoms with E-state index in [-0.39, 0.29) is 18.9 Å². The van der Waals surface area contributed by atoms with Gasteiger partial charge in [0.2, 0.25) is 5.91 Å². The lowest BCUT2D eigenvalue weighted by Crippen LogP contribution is -2.43. The number of nitrogens with one attached hydrogen (secondary N) is 2. The maximum atomic E-state index is 12.4. The van der Waals surface area contributed by atoms with E-state index in [0.29, 0.717) is 21.3 Å². The molecule has 2 aromatic rings. The number of halogens is 2. The van der Waals surface area contributed by atoms with Gasteiger partial charge < -0.3 is 9.64 Å². The number of ether oxygens (including phenoxy) is 1. The van der Waals surface area contributed by atoms with Crippen molar-refractivity contribution in [2.24, 2.45) is 5.92 Å². The summed E-state index contributed by atoms with van der Waals surface area (Å²) in [6.45, 7) is 1.33. The molecule has 3 amide bonds. The minimum atomic E-state index is -0.720. The molecule has 8 nitrogen and oxygen atoms in total. The van der Waals surface area contributed by atoms with Crippen LogP contribution in [0.4, 0.5) is 5.69 Å². The van der Waals surface area contributed by atoms with E-state index in [1.807, 2.05) is 0 Å². The molecule has 0 saturated carbocycles. The fourth-order valence-electron chi connectivity index (χ4n) is 3.08. The first-order valence-electron chi connectivity index (χ1n) is 9.33. The van der Waals surface area contributed by atoms with E-state index in [4.69, 9.17) is 27.9 Å². The van der Waals surface area contributed by atoms with Crippen LogP contribution >= 0.6 is 23.2 Å². The second-order valence-electron chi connectivity index (χ2n) is 6.91. The number of carbonyl (C=O) groups is 4. The van der Waals surface area contributed by atoms with E-state index >= 15 is 0 Å². The number of nitrogens with zero attached hydrogens (tertiary/aromatic N) is 1. The highest BCUT2D eigenvalue weighted by Crippen LogP contribution is 2.31. The summed E-state index contributed by atoms with van der Waals surface area (Å²) in [6, 6.07) is 11.3. The third kappa shape index (κ3) is 5.53. The van der Waals surface area contributed by atoms with Gasteiger partial charge in [0.15, 0.2) is 6.61 Å². The Kier molecular flexibility index (Phi) is 7.14. The highest BCUT2D eigenvalue weighted by Gasteiger charge is 2.37. The minimum Gasteiger partial charge on any atom is -0.455 e. The fourth-order valence-corrected chi connectivity index (χ4v) is 3.37. The Morgan fingerprint density at radius 2 is 1.81 bits per heavy atom. The standard InChI is InChI=1S/C21H19Cl2N3O5/c1-12-16(23)3-2-4-17(12)26-10-14(9-19(26)28)21(30)31-11-18(27)24-25-20(29)13-5-7-15(22)8-6-13/h2-8,14H,9-11H2,1H3,(H,24,27)(H,25,29)/t14-/m1/s1. The highest BCUT2D eigenvalue weighted by molar-refractivity contribution is 6.32. The number of anilines is 1. The summed E-state index contributed by atoms with van der Waals surface area (Å²) < 4.78 is 5.00. The molecule has 0 bridgehead atoms. The van der Waals surface area contributed by atoms with Gasteiger partial charge in [-0.05, 0) is 48.9 Å². The number of carbonyl (C=O) groups excluding carboxylic acids is 4. The molecule has 2 aromatic carbocycles. The highest BCUT2D eigenvalue weighted by atomic mass is 35.5. The zero-order chi connectivity index (χ0) is 22.5. The molecule has 1 saturated heterocycles. The Balaban J connectivity index is 1.47. The van der Waals surface area contributed by atoms with E-state index in [0.717, 1.165) is 5.56 Å². The zero-order valence-corrected chi connectivity index (χ0v) is 18.0. The number of rotatable bonds is 5. The Morgan fingerprint density at radius 3 is 2.52 bits per heavy atom. The number of benzene rings is 2. The van der Waals surface area contributed by atoms with Crippen molar-refractivity contribution in [1.29, 1.82) is 0 Å². The Morgan fingerprint density at radius 1 is 1.10 bits per heavy atom. The second kappa shape index (κ2) is 9.80. The van der Waals surface area contributed by atoms with E-state index in [2.05, 4.69) is 10.9 Å². The van der Waals surface area contributed by atoms with E-state index in [1.54, 1.807) is 25.1 Å². The van der Waals surface area contributed by atoms with Crippen LogP contribution in [0.15, 0.2) is 42.5 Å². The van der Waals surface area contributed by atoms with Crippen molar-refractivity contribution in [3.05, 3.63) is 63.6 Å².